The Labute approximate surface area is 97.2 Å². The Bertz CT molecular complexity index is 182. The third kappa shape index (κ3) is 4.14. The van der Waals surface area contributed by atoms with Gasteiger partial charge in [0.05, 0.1) is 0 Å². The van der Waals surface area contributed by atoms with Crippen molar-refractivity contribution in [3.8, 4) is 0 Å². The standard InChI is InChI=1S/C14H31N/c1-10-11(2)12(13(3,4)5)15(9)14(6,7)8/h11-12H,10H2,1-9H3/t11-,12-/m0/s1. The molecule has 0 amide bonds. The molecule has 0 spiro atoms. The molecule has 0 heterocycles. The van der Waals surface area contributed by atoms with Gasteiger partial charge >= 0.3 is 0 Å². The molecule has 15 heavy (non-hydrogen) atoms. The smallest absolute Gasteiger partial charge is 0.0171 e. The van der Waals surface area contributed by atoms with E-state index in [0.29, 0.717) is 11.5 Å². The minimum Gasteiger partial charge on any atom is -0.298 e. The molecule has 0 aliphatic carbocycles. The van der Waals surface area contributed by atoms with Crippen molar-refractivity contribution in [2.45, 2.75) is 73.4 Å². The fourth-order valence-electron chi connectivity index (χ4n) is 2.46. The van der Waals surface area contributed by atoms with Gasteiger partial charge in [0.15, 0.2) is 0 Å². The largest absolute Gasteiger partial charge is 0.298 e. The predicted molar refractivity (Wildman–Crippen MR) is 70.2 cm³/mol. The van der Waals surface area contributed by atoms with Crippen LogP contribution in [0.15, 0.2) is 0 Å². The van der Waals surface area contributed by atoms with Crippen molar-refractivity contribution >= 4 is 0 Å². The molecule has 0 aromatic rings. The van der Waals surface area contributed by atoms with Gasteiger partial charge in [-0.1, -0.05) is 41.0 Å². The quantitative estimate of drug-likeness (QED) is 0.680. The third-order valence-corrected chi connectivity index (χ3v) is 3.55. The number of rotatable bonds is 3. The summed E-state index contributed by atoms with van der Waals surface area (Å²) in [5, 5.41) is 0. The van der Waals surface area contributed by atoms with Gasteiger partial charge in [0.2, 0.25) is 0 Å². The fourth-order valence-corrected chi connectivity index (χ4v) is 2.46. The Balaban J connectivity index is 4.96. The third-order valence-electron chi connectivity index (χ3n) is 3.55. The van der Waals surface area contributed by atoms with Crippen molar-refractivity contribution in [3.63, 3.8) is 0 Å². The highest BCUT2D eigenvalue weighted by atomic mass is 15.2. The minimum atomic E-state index is 0.251. The summed E-state index contributed by atoms with van der Waals surface area (Å²) >= 11 is 0. The molecule has 1 heteroatoms. The monoisotopic (exact) mass is 213 g/mol. The van der Waals surface area contributed by atoms with Gasteiger partial charge in [0, 0.05) is 11.6 Å². The highest BCUT2D eigenvalue weighted by Gasteiger charge is 2.36. The summed E-state index contributed by atoms with van der Waals surface area (Å²) in [6.07, 6.45) is 1.25. The molecular formula is C14H31N. The Kier molecular flexibility index (Phi) is 4.85. The lowest BCUT2D eigenvalue weighted by Crippen LogP contribution is -2.53. The second-order valence-corrected chi connectivity index (χ2v) is 6.98. The maximum atomic E-state index is 2.54. The second kappa shape index (κ2) is 4.86. The van der Waals surface area contributed by atoms with E-state index >= 15 is 0 Å². The average molecular weight is 213 g/mol. The molecule has 1 nitrogen and oxygen atoms in total. The van der Waals surface area contributed by atoms with E-state index in [4.69, 9.17) is 0 Å². The minimum absolute atomic E-state index is 0.251. The van der Waals surface area contributed by atoms with Gasteiger partial charge in [-0.25, -0.2) is 0 Å². The zero-order valence-corrected chi connectivity index (χ0v) is 12.3. The lowest BCUT2D eigenvalue weighted by molar-refractivity contribution is 0.0136. The highest BCUT2D eigenvalue weighted by molar-refractivity contribution is 4.90. The lowest BCUT2D eigenvalue weighted by atomic mass is 9.76. The molecule has 0 aromatic heterocycles. The summed E-state index contributed by atoms with van der Waals surface area (Å²) in [5.74, 6) is 0.745. The van der Waals surface area contributed by atoms with E-state index in [1.54, 1.807) is 0 Å². The Morgan fingerprint density at radius 1 is 1.00 bits per heavy atom. The Morgan fingerprint density at radius 2 is 1.40 bits per heavy atom. The van der Waals surface area contributed by atoms with Crippen LogP contribution in [-0.2, 0) is 0 Å². The molecule has 0 unspecified atom stereocenters. The summed E-state index contributed by atoms with van der Waals surface area (Å²) in [6.45, 7) is 18.6. The first-order chi connectivity index (χ1) is 6.51. The van der Waals surface area contributed by atoms with Gasteiger partial charge in [-0.15, -0.1) is 0 Å². The molecule has 0 rings (SSSR count). The molecular weight excluding hydrogens is 182 g/mol. The number of nitrogens with zero attached hydrogens (tertiary/aromatic N) is 1. The van der Waals surface area contributed by atoms with Crippen LogP contribution in [0, 0.1) is 11.3 Å². The average Bonchev–Trinajstić information content (AvgIpc) is 1.99. The van der Waals surface area contributed by atoms with E-state index in [0.717, 1.165) is 5.92 Å². The van der Waals surface area contributed by atoms with Gasteiger partial charge in [-0.2, -0.15) is 0 Å². The maximum Gasteiger partial charge on any atom is 0.0171 e. The van der Waals surface area contributed by atoms with Gasteiger partial charge < -0.3 is 0 Å². The van der Waals surface area contributed by atoms with Gasteiger partial charge in [0.1, 0.15) is 0 Å². The van der Waals surface area contributed by atoms with Gasteiger partial charge in [-0.05, 0) is 39.2 Å². The van der Waals surface area contributed by atoms with Crippen molar-refractivity contribution in [3.05, 3.63) is 0 Å². The summed E-state index contributed by atoms with van der Waals surface area (Å²) in [7, 11) is 2.27. The van der Waals surface area contributed by atoms with Crippen LogP contribution in [0.1, 0.15) is 61.8 Å². The number of hydrogen-bond acceptors (Lipinski definition) is 1. The van der Waals surface area contributed by atoms with Crippen LogP contribution in [0.2, 0.25) is 0 Å². The molecule has 0 saturated heterocycles. The van der Waals surface area contributed by atoms with E-state index in [9.17, 15) is 0 Å². The van der Waals surface area contributed by atoms with E-state index in [1.165, 1.54) is 6.42 Å². The molecule has 92 valence electrons. The molecule has 0 aromatic carbocycles. The summed E-state index contributed by atoms with van der Waals surface area (Å²) in [6, 6.07) is 0.641. The van der Waals surface area contributed by atoms with Crippen molar-refractivity contribution < 1.29 is 0 Å². The van der Waals surface area contributed by atoms with Crippen LogP contribution < -0.4 is 0 Å². The van der Waals surface area contributed by atoms with E-state index < -0.39 is 0 Å². The molecule has 0 bridgehead atoms. The molecule has 0 aliphatic heterocycles. The first-order valence-corrected chi connectivity index (χ1v) is 6.24. The molecule has 0 radical (unpaired) electrons. The van der Waals surface area contributed by atoms with Gasteiger partial charge in [-0.3, -0.25) is 4.90 Å². The Morgan fingerprint density at radius 3 is 1.60 bits per heavy atom. The summed E-state index contributed by atoms with van der Waals surface area (Å²) < 4.78 is 0. The molecule has 0 fully saturated rings. The topological polar surface area (TPSA) is 3.24 Å². The summed E-state index contributed by atoms with van der Waals surface area (Å²) in [4.78, 5) is 2.54. The Hall–Kier alpha value is -0.0400. The number of hydrogen-bond donors (Lipinski definition) is 0. The second-order valence-electron chi connectivity index (χ2n) is 6.98. The van der Waals surface area contributed by atoms with Crippen molar-refractivity contribution in [1.82, 2.24) is 4.90 Å². The normalized spacial score (nSPS) is 18.0. The molecule has 0 saturated carbocycles. The molecule has 0 aliphatic rings. The van der Waals surface area contributed by atoms with E-state index in [-0.39, 0.29) is 5.54 Å². The maximum absolute atomic E-state index is 2.54. The first kappa shape index (κ1) is 15.0. The van der Waals surface area contributed by atoms with E-state index in [1.807, 2.05) is 0 Å². The van der Waals surface area contributed by atoms with Gasteiger partial charge in [0.25, 0.3) is 0 Å². The fraction of sp³-hybridized carbons (Fsp3) is 1.00. The summed E-state index contributed by atoms with van der Waals surface area (Å²) in [5.41, 5.74) is 0.596. The zero-order chi connectivity index (χ0) is 12.4. The van der Waals surface area contributed by atoms with Crippen LogP contribution in [0.4, 0.5) is 0 Å². The van der Waals surface area contributed by atoms with E-state index in [2.05, 4.69) is 67.3 Å². The highest BCUT2D eigenvalue weighted by Crippen LogP contribution is 2.34. The van der Waals surface area contributed by atoms with Crippen LogP contribution in [0.3, 0.4) is 0 Å². The van der Waals surface area contributed by atoms with Crippen molar-refractivity contribution in [2.75, 3.05) is 7.05 Å². The van der Waals surface area contributed by atoms with Crippen LogP contribution in [0.5, 0.6) is 0 Å². The molecule has 2 atom stereocenters. The molecule has 0 N–H and O–H groups in total. The van der Waals surface area contributed by atoms with Crippen LogP contribution >= 0.6 is 0 Å². The lowest BCUT2D eigenvalue weighted by Gasteiger charge is -2.48. The SMILES string of the molecule is CC[C@H](C)[C@H](N(C)C(C)(C)C)C(C)(C)C. The first-order valence-electron chi connectivity index (χ1n) is 6.24. The zero-order valence-electron chi connectivity index (χ0n) is 12.3. The van der Waals surface area contributed by atoms with Crippen molar-refractivity contribution in [1.29, 1.82) is 0 Å². The van der Waals surface area contributed by atoms with Crippen LogP contribution in [0.25, 0.3) is 0 Å². The predicted octanol–water partition coefficient (Wildman–Crippen LogP) is 4.18. The van der Waals surface area contributed by atoms with Crippen molar-refractivity contribution in [2.24, 2.45) is 11.3 Å². The van der Waals surface area contributed by atoms with Crippen LogP contribution in [-0.4, -0.2) is 23.5 Å².